The van der Waals surface area contributed by atoms with E-state index in [-0.39, 0.29) is 5.92 Å². The maximum absolute atomic E-state index is 6.19. The van der Waals surface area contributed by atoms with Gasteiger partial charge in [0.05, 0.1) is 14.2 Å². The first-order valence-corrected chi connectivity index (χ1v) is 13.3. The Balaban J connectivity index is 1.59. The molecule has 0 atom stereocenters. The third kappa shape index (κ3) is 5.24. The van der Waals surface area contributed by atoms with Gasteiger partial charge in [0.1, 0.15) is 11.5 Å². The van der Waals surface area contributed by atoms with Crippen molar-refractivity contribution in [2.75, 3.05) is 28.4 Å². The quantitative estimate of drug-likeness (QED) is 0.135. The minimum absolute atomic E-state index is 0.0157. The first-order chi connectivity index (χ1) is 19.6. The summed E-state index contributed by atoms with van der Waals surface area (Å²) in [6, 6.07) is 43.5. The van der Waals surface area contributed by atoms with Gasteiger partial charge in [-0.15, -0.1) is 0 Å². The zero-order chi connectivity index (χ0) is 28.0. The minimum atomic E-state index is -1.08. The van der Waals surface area contributed by atoms with Crippen LogP contribution in [-0.4, -0.2) is 28.4 Å². The van der Waals surface area contributed by atoms with Crippen molar-refractivity contribution in [3.8, 4) is 22.6 Å². The van der Waals surface area contributed by atoms with Crippen LogP contribution in [0.3, 0.4) is 0 Å². The van der Waals surface area contributed by atoms with Crippen LogP contribution in [0.5, 0.6) is 11.5 Å². The molecule has 0 amide bonds. The lowest BCUT2D eigenvalue weighted by Crippen LogP contribution is -2.33. The summed E-state index contributed by atoms with van der Waals surface area (Å²) in [5.41, 5.74) is 7.50. The highest BCUT2D eigenvalue weighted by Crippen LogP contribution is 2.41. The molecule has 0 saturated carbocycles. The molecule has 0 bridgehead atoms. The van der Waals surface area contributed by atoms with E-state index in [1.165, 1.54) is 0 Å². The average molecular weight is 531 g/mol. The molecule has 0 aliphatic carbocycles. The number of hydrogen-bond acceptors (Lipinski definition) is 4. The van der Waals surface area contributed by atoms with Crippen molar-refractivity contribution >= 4 is 0 Å². The van der Waals surface area contributed by atoms with Crippen molar-refractivity contribution in [3.05, 3.63) is 155 Å². The Labute approximate surface area is 236 Å². The summed E-state index contributed by atoms with van der Waals surface area (Å²) in [6.07, 6.45) is 0. The fourth-order valence-corrected chi connectivity index (χ4v) is 5.40. The zero-order valence-electron chi connectivity index (χ0n) is 23.3. The summed E-state index contributed by atoms with van der Waals surface area (Å²) in [7, 11) is 6.75. The Morgan fingerprint density at radius 2 is 0.925 bits per heavy atom. The highest BCUT2D eigenvalue weighted by atomic mass is 16.7. The number of hydrogen-bond donors (Lipinski definition) is 0. The van der Waals surface area contributed by atoms with E-state index in [4.69, 9.17) is 18.9 Å². The van der Waals surface area contributed by atoms with Crippen LogP contribution < -0.4 is 9.47 Å². The molecule has 0 aliphatic rings. The number of methoxy groups -OCH3 is 4. The van der Waals surface area contributed by atoms with Crippen LogP contribution in [0.4, 0.5) is 0 Å². The van der Waals surface area contributed by atoms with E-state index in [1.54, 1.807) is 28.4 Å². The summed E-state index contributed by atoms with van der Waals surface area (Å²) < 4.78 is 23.2. The standard InChI is InChI=1S/C36H34O4/c1-37-31-22-16-28(17-23-31)35(29-18-24-32(38-2)25-19-29)27-14-20-30(21-15-27)36(39-3,40-4)34-13-9-8-12-33(34)26-10-6-5-7-11-26/h5-25,35H,1-4H3. The first kappa shape index (κ1) is 27.2. The van der Waals surface area contributed by atoms with Gasteiger partial charge >= 0.3 is 0 Å². The highest BCUT2D eigenvalue weighted by molar-refractivity contribution is 5.69. The van der Waals surface area contributed by atoms with E-state index in [1.807, 2.05) is 54.6 Å². The Morgan fingerprint density at radius 3 is 1.40 bits per heavy atom. The zero-order valence-corrected chi connectivity index (χ0v) is 23.3. The summed E-state index contributed by atoms with van der Waals surface area (Å²) >= 11 is 0. The molecular weight excluding hydrogens is 496 g/mol. The van der Waals surface area contributed by atoms with Crippen LogP contribution >= 0.6 is 0 Å². The lowest BCUT2D eigenvalue weighted by molar-refractivity contribution is -0.183. The number of ether oxygens (including phenoxy) is 4. The molecule has 0 aromatic heterocycles. The monoisotopic (exact) mass is 530 g/mol. The van der Waals surface area contributed by atoms with Crippen LogP contribution in [0.1, 0.15) is 33.7 Å². The Morgan fingerprint density at radius 1 is 0.475 bits per heavy atom. The van der Waals surface area contributed by atoms with E-state index in [2.05, 4.69) is 72.8 Å². The molecule has 0 radical (unpaired) electrons. The molecule has 0 aliphatic heterocycles. The van der Waals surface area contributed by atoms with Crippen LogP contribution in [0.15, 0.2) is 127 Å². The van der Waals surface area contributed by atoms with Gasteiger partial charge in [-0.25, -0.2) is 0 Å². The van der Waals surface area contributed by atoms with Crippen LogP contribution in [0, 0.1) is 0 Å². The summed E-state index contributed by atoms with van der Waals surface area (Å²) in [6.45, 7) is 0. The summed E-state index contributed by atoms with van der Waals surface area (Å²) in [5, 5.41) is 0. The van der Waals surface area contributed by atoms with Gasteiger partial charge in [-0.2, -0.15) is 0 Å². The molecular formula is C36H34O4. The smallest absolute Gasteiger partial charge is 0.222 e. The van der Waals surface area contributed by atoms with E-state index >= 15 is 0 Å². The average Bonchev–Trinajstić information content (AvgIpc) is 3.04. The van der Waals surface area contributed by atoms with Gasteiger partial charge in [-0.1, -0.05) is 103 Å². The van der Waals surface area contributed by atoms with Crippen molar-refractivity contribution in [2.24, 2.45) is 0 Å². The normalized spacial score (nSPS) is 11.4. The third-order valence-corrected chi connectivity index (χ3v) is 7.46. The molecule has 0 saturated heterocycles. The predicted molar refractivity (Wildman–Crippen MR) is 160 cm³/mol. The Kier molecular flexibility index (Phi) is 8.30. The van der Waals surface area contributed by atoms with Gasteiger partial charge in [0.2, 0.25) is 5.79 Å². The molecule has 5 aromatic rings. The fourth-order valence-electron chi connectivity index (χ4n) is 5.40. The molecule has 0 spiro atoms. The van der Waals surface area contributed by atoms with Crippen LogP contribution in [0.25, 0.3) is 11.1 Å². The molecule has 40 heavy (non-hydrogen) atoms. The van der Waals surface area contributed by atoms with Crippen molar-refractivity contribution in [1.82, 2.24) is 0 Å². The second kappa shape index (κ2) is 12.2. The Bertz CT molecular complexity index is 1460. The molecule has 5 rings (SSSR count). The van der Waals surface area contributed by atoms with Gasteiger partial charge in [-0.3, -0.25) is 0 Å². The van der Waals surface area contributed by atoms with E-state index in [0.717, 1.165) is 50.4 Å². The van der Waals surface area contributed by atoms with Crippen molar-refractivity contribution < 1.29 is 18.9 Å². The van der Waals surface area contributed by atoms with Crippen molar-refractivity contribution in [1.29, 1.82) is 0 Å². The molecule has 0 unspecified atom stereocenters. The molecule has 4 nitrogen and oxygen atoms in total. The fraction of sp³-hybridized carbons (Fsp3) is 0.167. The number of rotatable bonds is 10. The molecule has 0 heterocycles. The summed E-state index contributed by atoms with van der Waals surface area (Å²) in [5.74, 6) is 0.590. The maximum atomic E-state index is 6.19. The largest absolute Gasteiger partial charge is 0.497 e. The first-order valence-electron chi connectivity index (χ1n) is 13.3. The number of benzene rings is 5. The van der Waals surface area contributed by atoms with E-state index < -0.39 is 5.79 Å². The van der Waals surface area contributed by atoms with Gasteiger partial charge in [-0.05, 0) is 52.1 Å². The molecule has 4 heteroatoms. The summed E-state index contributed by atoms with van der Waals surface area (Å²) in [4.78, 5) is 0. The molecule has 0 N–H and O–H groups in total. The van der Waals surface area contributed by atoms with Gasteiger partial charge in [0.25, 0.3) is 0 Å². The van der Waals surface area contributed by atoms with Gasteiger partial charge in [0, 0.05) is 31.3 Å². The van der Waals surface area contributed by atoms with Gasteiger partial charge < -0.3 is 18.9 Å². The maximum Gasteiger partial charge on any atom is 0.222 e. The van der Waals surface area contributed by atoms with Crippen LogP contribution in [0.2, 0.25) is 0 Å². The molecule has 202 valence electrons. The van der Waals surface area contributed by atoms with E-state index in [0.29, 0.717) is 0 Å². The molecule has 5 aromatic carbocycles. The predicted octanol–water partition coefficient (Wildman–Crippen LogP) is 8.04. The lowest BCUT2D eigenvalue weighted by Gasteiger charge is -2.34. The van der Waals surface area contributed by atoms with Crippen molar-refractivity contribution in [3.63, 3.8) is 0 Å². The second-order valence-corrected chi connectivity index (χ2v) is 9.54. The van der Waals surface area contributed by atoms with Crippen molar-refractivity contribution in [2.45, 2.75) is 11.7 Å². The Hall–Kier alpha value is -4.38. The lowest BCUT2D eigenvalue weighted by atomic mass is 9.83. The highest BCUT2D eigenvalue weighted by Gasteiger charge is 2.37. The minimum Gasteiger partial charge on any atom is -0.497 e. The SMILES string of the molecule is COc1ccc(C(c2ccc(OC)cc2)c2ccc(C(OC)(OC)c3ccccc3-c3ccccc3)cc2)cc1. The van der Waals surface area contributed by atoms with Crippen LogP contribution in [-0.2, 0) is 15.3 Å². The molecule has 0 fully saturated rings. The third-order valence-electron chi connectivity index (χ3n) is 7.46. The second-order valence-electron chi connectivity index (χ2n) is 9.54. The van der Waals surface area contributed by atoms with Gasteiger partial charge in [0.15, 0.2) is 0 Å². The van der Waals surface area contributed by atoms with E-state index in [9.17, 15) is 0 Å². The topological polar surface area (TPSA) is 36.9 Å².